The van der Waals surface area contributed by atoms with Crippen molar-refractivity contribution >= 4 is 38.4 Å². The molecule has 0 aliphatic heterocycles. The fourth-order valence-electron chi connectivity index (χ4n) is 2.31. The van der Waals surface area contributed by atoms with Gasteiger partial charge in [0.25, 0.3) is 5.91 Å². The third-order valence-corrected chi connectivity index (χ3v) is 3.98. The highest BCUT2D eigenvalue weighted by molar-refractivity contribution is 9.10. The van der Waals surface area contributed by atoms with Crippen LogP contribution in [0.25, 0.3) is 10.9 Å². The number of fused-ring (bicyclic) bond motifs is 1. The number of nitrogens with one attached hydrogen (secondary N) is 2. The quantitative estimate of drug-likeness (QED) is 0.719. The lowest BCUT2D eigenvalue weighted by molar-refractivity contribution is 0.102. The summed E-state index contributed by atoms with van der Waals surface area (Å²) in [5.41, 5.74) is 1.96. The van der Waals surface area contributed by atoms with Crippen molar-refractivity contribution in [1.82, 2.24) is 4.98 Å². The summed E-state index contributed by atoms with van der Waals surface area (Å²) in [6.07, 6.45) is 0. The molecular formula is C17H15BrN2O3. The SMILES string of the molecule is COc1ccc(NC(=O)c2cc3ccc(Br)cc3[nH]2)c(OC)c1. The van der Waals surface area contributed by atoms with E-state index in [2.05, 4.69) is 26.2 Å². The number of methoxy groups -OCH3 is 2. The van der Waals surface area contributed by atoms with Crippen LogP contribution in [0, 0.1) is 0 Å². The molecule has 0 fully saturated rings. The Labute approximate surface area is 141 Å². The second kappa shape index (κ2) is 6.34. The van der Waals surface area contributed by atoms with Gasteiger partial charge in [0, 0.05) is 21.4 Å². The van der Waals surface area contributed by atoms with Crippen molar-refractivity contribution < 1.29 is 14.3 Å². The largest absolute Gasteiger partial charge is 0.497 e. The number of H-pyrrole nitrogens is 1. The normalized spacial score (nSPS) is 10.6. The molecule has 23 heavy (non-hydrogen) atoms. The van der Waals surface area contributed by atoms with E-state index in [0.717, 1.165) is 15.4 Å². The summed E-state index contributed by atoms with van der Waals surface area (Å²) in [5.74, 6) is 0.965. The van der Waals surface area contributed by atoms with Crippen LogP contribution in [0.2, 0.25) is 0 Å². The Balaban J connectivity index is 1.88. The number of rotatable bonds is 4. The Morgan fingerprint density at radius 1 is 1.09 bits per heavy atom. The maximum Gasteiger partial charge on any atom is 0.272 e. The zero-order valence-electron chi connectivity index (χ0n) is 12.6. The van der Waals surface area contributed by atoms with Gasteiger partial charge in [0.1, 0.15) is 17.2 Å². The molecule has 1 amide bonds. The van der Waals surface area contributed by atoms with Gasteiger partial charge in [0.15, 0.2) is 0 Å². The zero-order chi connectivity index (χ0) is 16.4. The summed E-state index contributed by atoms with van der Waals surface area (Å²) in [5, 5.41) is 3.81. The maximum atomic E-state index is 12.5. The fourth-order valence-corrected chi connectivity index (χ4v) is 2.67. The van der Waals surface area contributed by atoms with Gasteiger partial charge in [-0.05, 0) is 30.3 Å². The van der Waals surface area contributed by atoms with Gasteiger partial charge in [-0.25, -0.2) is 0 Å². The maximum absolute atomic E-state index is 12.5. The van der Waals surface area contributed by atoms with Crippen LogP contribution >= 0.6 is 15.9 Å². The molecule has 0 atom stereocenters. The Hall–Kier alpha value is -2.47. The Kier molecular flexibility index (Phi) is 4.25. The minimum absolute atomic E-state index is 0.235. The van der Waals surface area contributed by atoms with Gasteiger partial charge in [-0.3, -0.25) is 4.79 Å². The van der Waals surface area contributed by atoms with Crippen molar-refractivity contribution in [2.75, 3.05) is 19.5 Å². The van der Waals surface area contributed by atoms with E-state index in [1.54, 1.807) is 32.4 Å². The fraction of sp³-hybridized carbons (Fsp3) is 0.118. The van der Waals surface area contributed by atoms with Gasteiger partial charge in [0.05, 0.1) is 19.9 Å². The van der Waals surface area contributed by atoms with Crippen molar-refractivity contribution in [3.8, 4) is 11.5 Å². The summed E-state index contributed by atoms with van der Waals surface area (Å²) in [4.78, 5) is 15.6. The van der Waals surface area contributed by atoms with Crippen LogP contribution in [0.15, 0.2) is 46.9 Å². The van der Waals surface area contributed by atoms with Crippen LogP contribution in [0.4, 0.5) is 5.69 Å². The highest BCUT2D eigenvalue weighted by atomic mass is 79.9. The number of halogens is 1. The summed E-state index contributed by atoms with van der Waals surface area (Å²) >= 11 is 3.42. The molecule has 118 valence electrons. The number of ether oxygens (including phenoxy) is 2. The number of hydrogen-bond acceptors (Lipinski definition) is 3. The molecule has 0 unspecified atom stereocenters. The van der Waals surface area contributed by atoms with E-state index in [1.165, 1.54) is 0 Å². The Bertz CT molecular complexity index is 873. The molecule has 0 saturated heterocycles. The smallest absolute Gasteiger partial charge is 0.272 e. The number of aromatic nitrogens is 1. The number of amides is 1. The molecule has 5 nitrogen and oxygen atoms in total. The molecule has 3 rings (SSSR count). The first-order valence-corrected chi connectivity index (χ1v) is 7.71. The molecule has 0 saturated carbocycles. The van der Waals surface area contributed by atoms with E-state index >= 15 is 0 Å². The van der Waals surface area contributed by atoms with Crippen LogP contribution in [0.5, 0.6) is 11.5 Å². The molecule has 1 heterocycles. The summed E-state index contributed by atoms with van der Waals surface area (Å²) in [7, 11) is 3.13. The van der Waals surface area contributed by atoms with Gasteiger partial charge >= 0.3 is 0 Å². The second-order valence-electron chi connectivity index (χ2n) is 4.93. The predicted octanol–water partition coefficient (Wildman–Crippen LogP) is 4.20. The monoisotopic (exact) mass is 374 g/mol. The first kappa shape index (κ1) is 15.4. The topological polar surface area (TPSA) is 63.3 Å². The van der Waals surface area contributed by atoms with Gasteiger partial charge in [-0.15, -0.1) is 0 Å². The molecule has 0 aliphatic rings. The van der Waals surface area contributed by atoms with Gasteiger partial charge in [-0.2, -0.15) is 0 Å². The number of aromatic amines is 1. The minimum Gasteiger partial charge on any atom is -0.497 e. The molecule has 0 aliphatic carbocycles. The number of hydrogen-bond donors (Lipinski definition) is 2. The molecule has 0 radical (unpaired) electrons. The molecule has 2 N–H and O–H groups in total. The van der Waals surface area contributed by atoms with Gasteiger partial charge < -0.3 is 19.8 Å². The third-order valence-electron chi connectivity index (χ3n) is 3.49. The Morgan fingerprint density at radius 2 is 1.91 bits per heavy atom. The van der Waals surface area contributed by atoms with E-state index in [1.807, 2.05) is 24.3 Å². The molecule has 1 aromatic heterocycles. The standard InChI is InChI=1S/C17H15BrN2O3/c1-22-12-5-6-13(16(9-12)23-2)20-17(21)15-7-10-3-4-11(18)8-14(10)19-15/h3-9,19H,1-2H3,(H,20,21). The highest BCUT2D eigenvalue weighted by Crippen LogP contribution is 2.29. The van der Waals surface area contributed by atoms with E-state index in [-0.39, 0.29) is 5.91 Å². The number of carbonyl (C=O) groups excluding carboxylic acids is 1. The van der Waals surface area contributed by atoms with Crippen LogP contribution in [-0.2, 0) is 0 Å². The van der Waals surface area contributed by atoms with Crippen LogP contribution < -0.4 is 14.8 Å². The molecule has 0 spiro atoms. The first-order chi connectivity index (χ1) is 11.1. The molecule has 6 heteroatoms. The van der Waals surface area contributed by atoms with E-state index in [0.29, 0.717) is 22.9 Å². The van der Waals surface area contributed by atoms with Gasteiger partial charge in [-0.1, -0.05) is 22.0 Å². The number of anilines is 1. The number of carbonyl (C=O) groups is 1. The van der Waals surface area contributed by atoms with Crippen LogP contribution in [0.1, 0.15) is 10.5 Å². The highest BCUT2D eigenvalue weighted by Gasteiger charge is 2.13. The third kappa shape index (κ3) is 3.17. The van der Waals surface area contributed by atoms with E-state index in [9.17, 15) is 4.79 Å². The summed E-state index contributed by atoms with van der Waals surface area (Å²) < 4.78 is 11.4. The van der Waals surface area contributed by atoms with Gasteiger partial charge in [0.2, 0.25) is 0 Å². The zero-order valence-corrected chi connectivity index (χ0v) is 14.2. The first-order valence-electron chi connectivity index (χ1n) is 6.92. The lowest BCUT2D eigenvalue weighted by Crippen LogP contribution is -2.13. The van der Waals surface area contributed by atoms with Crippen LogP contribution in [0.3, 0.4) is 0 Å². The Morgan fingerprint density at radius 3 is 2.65 bits per heavy atom. The lowest BCUT2D eigenvalue weighted by atomic mass is 10.2. The average molecular weight is 375 g/mol. The van der Waals surface area contributed by atoms with E-state index < -0.39 is 0 Å². The van der Waals surface area contributed by atoms with Crippen LogP contribution in [-0.4, -0.2) is 25.1 Å². The van der Waals surface area contributed by atoms with Crippen molar-refractivity contribution in [3.05, 3.63) is 52.6 Å². The van der Waals surface area contributed by atoms with Crippen molar-refractivity contribution in [2.45, 2.75) is 0 Å². The van der Waals surface area contributed by atoms with Crippen molar-refractivity contribution in [3.63, 3.8) is 0 Å². The predicted molar refractivity (Wildman–Crippen MR) is 93.5 cm³/mol. The minimum atomic E-state index is -0.235. The summed E-state index contributed by atoms with van der Waals surface area (Å²) in [6.45, 7) is 0. The van der Waals surface area contributed by atoms with E-state index in [4.69, 9.17) is 9.47 Å². The number of benzene rings is 2. The molecular weight excluding hydrogens is 360 g/mol. The average Bonchev–Trinajstić information content (AvgIpc) is 2.98. The molecule has 2 aromatic carbocycles. The molecule has 0 bridgehead atoms. The second-order valence-corrected chi connectivity index (χ2v) is 5.85. The van der Waals surface area contributed by atoms with Crippen molar-refractivity contribution in [1.29, 1.82) is 0 Å². The summed E-state index contributed by atoms with van der Waals surface area (Å²) in [6, 6.07) is 12.9. The van der Waals surface area contributed by atoms with Crippen molar-refractivity contribution in [2.24, 2.45) is 0 Å². The lowest BCUT2D eigenvalue weighted by Gasteiger charge is -2.11. The molecule has 3 aromatic rings.